The lowest BCUT2D eigenvalue weighted by Gasteiger charge is -2.23. The molecule has 42 heavy (non-hydrogen) atoms. The molecule has 0 atom stereocenters. The van der Waals surface area contributed by atoms with E-state index in [-0.39, 0.29) is 28.9 Å². The molecule has 0 amide bonds. The van der Waals surface area contributed by atoms with Crippen molar-refractivity contribution in [2.75, 3.05) is 6.61 Å². The summed E-state index contributed by atoms with van der Waals surface area (Å²) in [5, 5.41) is 10.0. The second kappa shape index (κ2) is 11.8. The molecule has 1 aliphatic rings. The predicted octanol–water partition coefficient (Wildman–Crippen LogP) is 8.52. The van der Waals surface area contributed by atoms with Crippen LogP contribution in [0.25, 0.3) is 21.9 Å². The van der Waals surface area contributed by atoms with E-state index in [1.54, 1.807) is 30.3 Å². The maximum atomic E-state index is 14.5. The van der Waals surface area contributed by atoms with E-state index >= 15 is 0 Å². The number of rotatable bonds is 9. The molecule has 216 valence electrons. The number of nitrogens with zero attached hydrogens (tertiary/aromatic N) is 1. The lowest BCUT2D eigenvalue weighted by molar-refractivity contribution is 0.0498. The van der Waals surface area contributed by atoms with Crippen LogP contribution in [0.3, 0.4) is 0 Å². The van der Waals surface area contributed by atoms with E-state index in [1.807, 2.05) is 18.2 Å². The van der Waals surface area contributed by atoms with E-state index in [1.165, 1.54) is 12.1 Å². The summed E-state index contributed by atoms with van der Waals surface area (Å²) in [6.07, 6.45) is 4.14. The average molecular weight is 566 g/mol. The van der Waals surface area contributed by atoms with Crippen molar-refractivity contribution in [3.8, 4) is 22.6 Å². The number of nitrogens with one attached hydrogen (secondary N) is 1. The van der Waals surface area contributed by atoms with E-state index in [9.17, 15) is 9.18 Å². The molecule has 4 aromatic carbocycles. The van der Waals surface area contributed by atoms with E-state index in [4.69, 9.17) is 20.6 Å². The molecule has 6 nitrogen and oxygen atoms in total. The predicted molar refractivity (Wildman–Crippen MR) is 167 cm³/mol. The SMILES string of the molecule is CCCCCCOC(=O)c1ccc(Oc2cc(C(C)(C)C)cc3cc4c(c(-c5cccc(F)c5)c23)C(N)=NC4=N)cc1. The lowest BCUT2D eigenvalue weighted by Crippen LogP contribution is -2.14. The third-order valence-corrected chi connectivity index (χ3v) is 7.47. The molecule has 4 aromatic rings. The van der Waals surface area contributed by atoms with Crippen LogP contribution in [-0.4, -0.2) is 24.2 Å². The Morgan fingerprint density at radius 3 is 2.43 bits per heavy atom. The van der Waals surface area contributed by atoms with Crippen molar-refractivity contribution < 1.29 is 18.7 Å². The fraction of sp³-hybridized carbons (Fsp3) is 0.286. The summed E-state index contributed by atoms with van der Waals surface area (Å²) in [6.45, 7) is 8.89. The van der Waals surface area contributed by atoms with Crippen molar-refractivity contribution >= 4 is 28.4 Å². The maximum absolute atomic E-state index is 14.5. The average Bonchev–Trinajstić information content (AvgIpc) is 3.23. The Labute approximate surface area is 245 Å². The first-order valence-corrected chi connectivity index (χ1v) is 14.4. The molecule has 0 fully saturated rings. The number of nitrogens with two attached hydrogens (primary N) is 1. The molecule has 1 heterocycles. The number of ether oxygens (including phenoxy) is 2. The quantitative estimate of drug-likeness (QED) is 0.157. The molecule has 0 saturated carbocycles. The Bertz CT molecular complexity index is 1700. The van der Waals surface area contributed by atoms with Crippen LogP contribution in [0, 0.1) is 11.2 Å². The van der Waals surface area contributed by atoms with Crippen LogP contribution in [0.1, 0.15) is 80.4 Å². The van der Waals surface area contributed by atoms with Gasteiger partial charge in [-0.2, -0.15) is 0 Å². The Morgan fingerprint density at radius 2 is 1.74 bits per heavy atom. The van der Waals surface area contributed by atoms with Crippen molar-refractivity contribution in [2.24, 2.45) is 10.7 Å². The number of aliphatic imine (C=N–C) groups is 1. The van der Waals surface area contributed by atoms with Crippen LogP contribution in [-0.2, 0) is 10.2 Å². The Balaban J connectivity index is 1.60. The summed E-state index contributed by atoms with van der Waals surface area (Å²) in [4.78, 5) is 16.8. The molecule has 0 unspecified atom stereocenters. The Kier molecular flexibility index (Phi) is 8.12. The monoisotopic (exact) mass is 565 g/mol. The molecule has 7 heteroatoms. The minimum Gasteiger partial charge on any atom is -0.462 e. The van der Waals surface area contributed by atoms with Crippen molar-refractivity contribution in [2.45, 2.75) is 58.8 Å². The molecular weight excluding hydrogens is 529 g/mol. The molecule has 0 aliphatic carbocycles. The zero-order valence-corrected chi connectivity index (χ0v) is 24.5. The molecule has 3 N–H and O–H groups in total. The fourth-order valence-corrected chi connectivity index (χ4v) is 5.20. The second-order valence-electron chi connectivity index (χ2n) is 11.7. The smallest absolute Gasteiger partial charge is 0.338 e. The van der Waals surface area contributed by atoms with Gasteiger partial charge >= 0.3 is 5.97 Å². The zero-order valence-electron chi connectivity index (χ0n) is 24.5. The number of halogens is 1. The van der Waals surface area contributed by atoms with Crippen molar-refractivity contribution in [3.05, 3.63) is 94.8 Å². The molecular formula is C35H36FN3O3. The van der Waals surface area contributed by atoms with Gasteiger partial charge in [0.15, 0.2) is 5.84 Å². The third-order valence-electron chi connectivity index (χ3n) is 7.47. The Morgan fingerprint density at radius 1 is 0.976 bits per heavy atom. The minimum absolute atomic E-state index is 0.0681. The van der Waals surface area contributed by atoms with Crippen LogP contribution in [0.5, 0.6) is 11.5 Å². The van der Waals surface area contributed by atoms with Gasteiger partial charge < -0.3 is 15.2 Å². The molecule has 5 rings (SSSR count). The van der Waals surface area contributed by atoms with E-state index < -0.39 is 0 Å². The summed E-state index contributed by atoms with van der Waals surface area (Å²) >= 11 is 0. The first kappa shape index (κ1) is 29.0. The maximum Gasteiger partial charge on any atom is 0.338 e. The van der Waals surface area contributed by atoms with Gasteiger partial charge in [-0.05, 0) is 76.9 Å². The van der Waals surface area contributed by atoms with Gasteiger partial charge in [-0.3, -0.25) is 5.41 Å². The molecule has 0 saturated heterocycles. The highest BCUT2D eigenvalue weighted by atomic mass is 19.1. The van der Waals surface area contributed by atoms with Gasteiger partial charge in [0.05, 0.1) is 12.2 Å². The highest BCUT2D eigenvalue weighted by Gasteiger charge is 2.28. The third kappa shape index (κ3) is 5.91. The number of benzene rings is 4. The summed E-state index contributed by atoms with van der Waals surface area (Å²) < 4.78 is 26.5. The molecule has 0 aromatic heterocycles. The number of hydrogen-bond donors (Lipinski definition) is 2. The number of amidine groups is 2. The second-order valence-corrected chi connectivity index (χ2v) is 11.7. The van der Waals surface area contributed by atoms with Crippen molar-refractivity contribution in [1.29, 1.82) is 5.41 Å². The van der Waals surface area contributed by atoms with Crippen LogP contribution in [0.4, 0.5) is 4.39 Å². The van der Waals surface area contributed by atoms with Crippen molar-refractivity contribution in [3.63, 3.8) is 0 Å². The summed E-state index contributed by atoms with van der Waals surface area (Å²) in [7, 11) is 0. The molecule has 0 radical (unpaired) electrons. The number of carbonyl (C=O) groups excluding carboxylic acids is 1. The zero-order chi connectivity index (χ0) is 30.0. The van der Waals surface area contributed by atoms with Crippen LogP contribution in [0.2, 0.25) is 0 Å². The molecule has 1 aliphatic heterocycles. The fourth-order valence-electron chi connectivity index (χ4n) is 5.20. The van der Waals surface area contributed by atoms with Crippen LogP contribution >= 0.6 is 0 Å². The standard InChI is InChI=1S/C35H36FN3O3/c1-5-6-7-8-16-41-34(40)21-12-14-26(15-13-21)42-28-20-24(35(2,3)4)17-23-19-27-31(33(38)39-32(27)37)30(29(23)28)22-10-9-11-25(36)18-22/h9-15,17-20H,5-8,16H2,1-4H3,(H3,37,38,39). The van der Waals surface area contributed by atoms with Gasteiger partial charge in [-0.15, -0.1) is 0 Å². The van der Waals surface area contributed by atoms with Gasteiger partial charge in [-0.25, -0.2) is 14.2 Å². The van der Waals surface area contributed by atoms with Gasteiger partial charge in [0.2, 0.25) is 0 Å². The van der Waals surface area contributed by atoms with Crippen LogP contribution < -0.4 is 10.5 Å². The van der Waals surface area contributed by atoms with E-state index in [0.717, 1.165) is 42.0 Å². The van der Waals surface area contributed by atoms with Gasteiger partial charge in [0, 0.05) is 22.1 Å². The highest BCUT2D eigenvalue weighted by molar-refractivity contribution is 6.27. The van der Waals surface area contributed by atoms with Gasteiger partial charge in [0.25, 0.3) is 0 Å². The van der Waals surface area contributed by atoms with E-state index in [2.05, 4.69) is 38.8 Å². The largest absolute Gasteiger partial charge is 0.462 e. The Hall–Kier alpha value is -4.52. The summed E-state index contributed by atoms with van der Waals surface area (Å²) in [5.74, 6) is 0.611. The number of unbranched alkanes of at least 4 members (excludes halogenated alkanes) is 3. The van der Waals surface area contributed by atoms with Crippen molar-refractivity contribution in [1.82, 2.24) is 0 Å². The summed E-state index contributed by atoms with van der Waals surface area (Å²) in [6, 6.07) is 19.1. The number of hydrogen-bond acceptors (Lipinski definition) is 5. The normalized spacial score (nSPS) is 12.8. The van der Waals surface area contributed by atoms with Gasteiger partial charge in [-0.1, -0.05) is 65.2 Å². The number of fused-ring (bicyclic) bond motifs is 2. The first-order valence-electron chi connectivity index (χ1n) is 14.4. The highest BCUT2D eigenvalue weighted by Crippen LogP contribution is 2.45. The number of carbonyl (C=O) groups is 1. The van der Waals surface area contributed by atoms with Crippen LogP contribution in [0.15, 0.2) is 71.7 Å². The topological polar surface area (TPSA) is 97.8 Å². The number of esters is 1. The summed E-state index contributed by atoms with van der Waals surface area (Å²) in [5.41, 5.74) is 10.0. The van der Waals surface area contributed by atoms with E-state index in [0.29, 0.717) is 45.9 Å². The molecule has 0 spiro atoms. The van der Waals surface area contributed by atoms with Gasteiger partial charge in [0.1, 0.15) is 23.2 Å². The first-order chi connectivity index (χ1) is 20.1. The molecule has 0 bridgehead atoms. The lowest BCUT2D eigenvalue weighted by atomic mass is 9.83. The minimum atomic E-state index is -0.386.